The van der Waals surface area contributed by atoms with Crippen LogP contribution in [-0.2, 0) is 23.0 Å². The number of ether oxygens (including phenoxy) is 2. The molecular formula is C26H29ClN2O4S. The summed E-state index contributed by atoms with van der Waals surface area (Å²) in [4.78, 5) is 2.51. The van der Waals surface area contributed by atoms with E-state index < -0.39 is 10.0 Å². The molecule has 0 spiro atoms. The van der Waals surface area contributed by atoms with E-state index in [1.165, 1.54) is 23.3 Å². The molecule has 0 saturated heterocycles. The molecule has 0 unspecified atom stereocenters. The number of aryl methyl sites for hydroxylation is 1. The second-order valence-corrected chi connectivity index (χ2v) is 10.6. The Kier molecular flexibility index (Phi) is 7.48. The van der Waals surface area contributed by atoms with E-state index in [0.29, 0.717) is 23.1 Å². The molecule has 8 heteroatoms. The van der Waals surface area contributed by atoms with Crippen LogP contribution in [0.5, 0.6) is 11.5 Å². The Morgan fingerprint density at radius 2 is 1.71 bits per heavy atom. The monoisotopic (exact) mass is 500 g/mol. The second kappa shape index (κ2) is 10.4. The van der Waals surface area contributed by atoms with Gasteiger partial charge in [-0.1, -0.05) is 35.9 Å². The fourth-order valence-electron chi connectivity index (χ4n) is 4.40. The van der Waals surface area contributed by atoms with Gasteiger partial charge in [-0.3, -0.25) is 4.90 Å². The van der Waals surface area contributed by atoms with Crippen LogP contribution in [0.2, 0.25) is 5.02 Å². The van der Waals surface area contributed by atoms with Gasteiger partial charge in [0.15, 0.2) is 11.5 Å². The average Bonchev–Trinajstić information content (AvgIpc) is 2.84. The van der Waals surface area contributed by atoms with Gasteiger partial charge in [-0.15, -0.1) is 0 Å². The van der Waals surface area contributed by atoms with E-state index in [1.54, 1.807) is 26.4 Å². The summed E-state index contributed by atoms with van der Waals surface area (Å²) in [7, 11) is -0.475. The first kappa shape index (κ1) is 24.5. The maximum atomic E-state index is 13.0. The minimum atomic E-state index is -3.70. The molecule has 1 heterocycles. The normalized spacial score (nSPS) is 16.2. The van der Waals surface area contributed by atoms with Crippen molar-refractivity contribution in [3.05, 3.63) is 87.9 Å². The molecule has 6 nitrogen and oxygen atoms in total. The summed E-state index contributed by atoms with van der Waals surface area (Å²) in [5.41, 5.74) is 4.60. The van der Waals surface area contributed by atoms with Crippen LogP contribution in [-0.4, -0.2) is 40.6 Å². The van der Waals surface area contributed by atoms with Gasteiger partial charge in [0.25, 0.3) is 0 Å². The fourth-order valence-corrected chi connectivity index (χ4v) is 5.56. The van der Waals surface area contributed by atoms with Crippen molar-refractivity contribution in [1.29, 1.82) is 0 Å². The topological polar surface area (TPSA) is 67.9 Å². The van der Waals surface area contributed by atoms with E-state index in [2.05, 4.69) is 28.7 Å². The lowest BCUT2D eigenvalue weighted by molar-refractivity contribution is 0.176. The first-order valence-corrected chi connectivity index (χ1v) is 13.0. The van der Waals surface area contributed by atoms with Crippen molar-refractivity contribution in [3.63, 3.8) is 0 Å². The number of nitrogens with zero attached hydrogens (tertiary/aromatic N) is 1. The SMILES string of the molecule is COc1cc2c(cc1OC)[C@@H](CNS(=O)(=O)c1ccc(Cl)cc1)N(Cc1ccccc1C)CC2. The predicted molar refractivity (Wildman–Crippen MR) is 134 cm³/mol. The van der Waals surface area contributed by atoms with Gasteiger partial charge in [-0.25, -0.2) is 13.1 Å². The molecule has 0 bridgehead atoms. The predicted octanol–water partition coefficient (Wildman–Crippen LogP) is 4.74. The Bertz CT molecular complexity index is 1260. The smallest absolute Gasteiger partial charge is 0.240 e. The lowest BCUT2D eigenvalue weighted by Crippen LogP contribution is -2.41. The van der Waals surface area contributed by atoms with Crippen LogP contribution in [0, 0.1) is 6.92 Å². The number of sulfonamides is 1. The molecule has 0 amide bonds. The molecule has 1 N–H and O–H groups in total. The van der Waals surface area contributed by atoms with Crippen molar-refractivity contribution in [2.75, 3.05) is 27.3 Å². The van der Waals surface area contributed by atoms with E-state index >= 15 is 0 Å². The van der Waals surface area contributed by atoms with E-state index in [1.807, 2.05) is 24.3 Å². The Morgan fingerprint density at radius 1 is 1.03 bits per heavy atom. The van der Waals surface area contributed by atoms with Crippen LogP contribution < -0.4 is 14.2 Å². The number of hydrogen-bond donors (Lipinski definition) is 1. The van der Waals surface area contributed by atoms with Gasteiger partial charge in [0, 0.05) is 30.7 Å². The van der Waals surface area contributed by atoms with Crippen molar-refractivity contribution < 1.29 is 17.9 Å². The quantitative estimate of drug-likeness (QED) is 0.483. The van der Waals surface area contributed by atoms with Gasteiger partial charge < -0.3 is 9.47 Å². The third-order valence-corrected chi connectivity index (χ3v) is 8.03. The number of nitrogens with one attached hydrogen (secondary N) is 1. The van der Waals surface area contributed by atoms with Crippen molar-refractivity contribution in [1.82, 2.24) is 9.62 Å². The highest BCUT2D eigenvalue weighted by Crippen LogP contribution is 2.38. The lowest BCUT2D eigenvalue weighted by atomic mass is 9.91. The van der Waals surface area contributed by atoms with Gasteiger partial charge in [-0.2, -0.15) is 0 Å². The van der Waals surface area contributed by atoms with E-state index in [0.717, 1.165) is 24.1 Å². The summed E-state index contributed by atoms with van der Waals surface area (Å²) in [6.07, 6.45) is 0.835. The van der Waals surface area contributed by atoms with Crippen LogP contribution in [0.3, 0.4) is 0 Å². The zero-order valence-electron chi connectivity index (χ0n) is 19.5. The molecule has 180 valence electrons. The maximum absolute atomic E-state index is 13.0. The molecule has 4 rings (SSSR count). The van der Waals surface area contributed by atoms with Crippen molar-refractivity contribution >= 4 is 21.6 Å². The van der Waals surface area contributed by atoms with Crippen LogP contribution >= 0.6 is 11.6 Å². The maximum Gasteiger partial charge on any atom is 0.240 e. The second-order valence-electron chi connectivity index (χ2n) is 8.37. The molecule has 1 aliphatic heterocycles. The molecule has 1 aliphatic rings. The van der Waals surface area contributed by atoms with Crippen LogP contribution in [0.1, 0.15) is 28.3 Å². The molecule has 0 aliphatic carbocycles. The summed E-state index contributed by atoms with van der Waals surface area (Å²) in [5, 5.41) is 0.491. The highest BCUT2D eigenvalue weighted by Gasteiger charge is 2.30. The van der Waals surface area contributed by atoms with E-state index in [4.69, 9.17) is 21.1 Å². The summed E-state index contributed by atoms with van der Waals surface area (Å²) >= 11 is 5.93. The molecule has 0 radical (unpaired) electrons. The first-order chi connectivity index (χ1) is 16.3. The van der Waals surface area contributed by atoms with Crippen LogP contribution in [0.15, 0.2) is 65.6 Å². The minimum Gasteiger partial charge on any atom is -0.493 e. The molecule has 3 aromatic rings. The van der Waals surface area contributed by atoms with Gasteiger partial charge in [0.2, 0.25) is 10.0 Å². The van der Waals surface area contributed by atoms with Crippen molar-refractivity contribution in [2.24, 2.45) is 0 Å². The molecule has 0 aromatic heterocycles. The summed E-state index contributed by atoms with van der Waals surface area (Å²) in [5.74, 6) is 1.30. The molecular weight excluding hydrogens is 472 g/mol. The summed E-state index contributed by atoms with van der Waals surface area (Å²) in [6, 6.07) is 18.3. The zero-order chi connectivity index (χ0) is 24.3. The van der Waals surface area contributed by atoms with Crippen LogP contribution in [0.4, 0.5) is 0 Å². The number of rotatable bonds is 8. The molecule has 3 aromatic carbocycles. The van der Waals surface area contributed by atoms with E-state index in [-0.39, 0.29) is 17.5 Å². The zero-order valence-corrected chi connectivity index (χ0v) is 21.1. The van der Waals surface area contributed by atoms with Gasteiger partial charge in [-0.05, 0) is 72.0 Å². The third kappa shape index (κ3) is 5.23. The molecule has 0 saturated carbocycles. The van der Waals surface area contributed by atoms with Gasteiger partial charge in [0.05, 0.1) is 19.1 Å². The van der Waals surface area contributed by atoms with Gasteiger partial charge >= 0.3 is 0 Å². The standard InChI is InChI=1S/C26H29ClN2O4S/c1-18-6-4-5-7-20(18)17-29-13-12-19-14-25(32-2)26(33-3)15-23(19)24(29)16-28-34(30,31)22-10-8-21(27)9-11-22/h4-11,14-15,24,28H,12-13,16-17H2,1-3H3/t24-/m1/s1. The van der Waals surface area contributed by atoms with Crippen molar-refractivity contribution in [2.45, 2.75) is 30.8 Å². The first-order valence-electron chi connectivity index (χ1n) is 11.1. The molecule has 0 fully saturated rings. The van der Waals surface area contributed by atoms with Crippen molar-refractivity contribution in [3.8, 4) is 11.5 Å². The Labute approximate surface area is 206 Å². The molecule has 34 heavy (non-hydrogen) atoms. The average molecular weight is 501 g/mol. The van der Waals surface area contributed by atoms with E-state index in [9.17, 15) is 8.42 Å². The van der Waals surface area contributed by atoms with Crippen LogP contribution in [0.25, 0.3) is 0 Å². The largest absolute Gasteiger partial charge is 0.493 e. The van der Waals surface area contributed by atoms with Gasteiger partial charge in [0.1, 0.15) is 0 Å². The Balaban J connectivity index is 1.68. The Hall–Kier alpha value is -2.58. The molecule has 1 atom stereocenters. The lowest BCUT2D eigenvalue weighted by Gasteiger charge is -2.38. The third-order valence-electron chi connectivity index (χ3n) is 6.34. The number of benzene rings is 3. The number of fused-ring (bicyclic) bond motifs is 1. The fraction of sp³-hybridized carbons (Fsp3) is 0.308. The number of hydrogen-bond acceptors (Lipinski definition) is 5. The highest BCUT2D eigenvalue weighted by molar-refractivity contribution is 7.89. The highest BCUT2D eigenvalue weighted by atomic mass is 35.5. The Morgan fingerprint density at radius 3 is 2.38 bits per heavy atom. The number of methoxy groups -OCH3 is 2. The number of halogens is 1. The minimum absolute atomic E-state index is 0.176. The summed E-state index contributed by atoms with van der Waals surface area (Å²) < 4.78 is 39.9. The summed E-state index contributed by atoms with van der Waals surface area (Å²) in [6.45, 7) is 3.83.